The summed E-state index contributed by atoms with van der Waals surface area (Å²) >= 11 is 0. The first-order valence-electron chi connectivity index (χ1n) is 3.29. The second-order valence-corrected chi connectivity index (χ2v) is 2.36. The van der Waals surface area contributed by atoms with E-state index in [1.165, 1.54) is 6.92 Å². The van der Waals surface area contributed by atoms with Crippen molar-refractivity contribution in [2.45, 2.75) is 24.9 Å². The molecule has 0 heterocycles. The topological polar surface area (TPSA) is 57.5 Å². The van der Waals surface area contributed by atoms with E-state index in [4.69, 9.17) is 10.2 Å². The molecule has 3 nitrogen and oxygen atoms in total. The van der Waals surface area contributed by atoms with Crippen LogP contribution < -0.4 is 0 Å². The van der Waals surface area contributed by atoms with Crippen LogP contribution >= 0.6 is 0 Å². The number of halogens is 2. The normalized spacial score (nSPS) is 16.7. The Balaban J connectivity index is 4.96. The van der Waals surface area contributed by atoms with Crippen molar-refractivity contribution in [3.8, 4) is 0 Å². The van der Waals surface area contributed by atoms with Crippen molar-refractivity contribution in [3.05, 3.63) is 12.7 Å². The van der Waals surface area contributed by atoms with Gasteiger partial charge in [0.25, 0.3) is 0 Å². The molecule has 0 radical (unpaired) electrons. The van der Waals surface area contributed by atoms with Gasteiger partial charge in [-0.15, -0.1) is 0 Å². The van der Waals surface area contributed by atoms with Gasteiger partial charge in [-0.1, -0.05) is 19.6 Å². The van der Waals surface area contributed by atoms with Gasteiger partial charge in [-0.25, -0.2) is 4.79 Å². The Labute approximate surface area is 68.3 Å². The summed E-state index contributed by atoms with van der Waals surface area (Å²) in [4.78, 5) is 10.0. The van der Waals surface area contributed by atoms with Crippen LogP contribution in [0.15, 0.2) is 12.7 Å². The third kappa shape index (κ3) is 1.45. The van der Waals surface area contributed by atoms with Gasteiger partial charge in [0.05, 0.1) is 0 Å². The maximum absolute atomic E-state index is 12.7. The first kappa shape index (κ1) is 11.0. The molecule has 0 bridgehead atoms. The van der Waals surface area contributed by atoms with Crippen molar-refractivity contribution >= 4 is 5.97 Å². The molecular formula is C7H10F2O3. The molecule has 2 N–H and O–H groups in total. The zero-order chi connectivity index (χ0) is 9.99. The smallest absolute Gasteiger partial charge is 0.378 e. The lowest BCUT2D eigenvalue weighted by atomic mass is 9.93. The lowest BCUT2D eigenvalue weighted by Crippen LogP contribution is -2.51. The summed E-state index contributed by atoms with van der Waals surface area (Å²) in [6, 6.07) is 0. The minimum atomic E-state index is -4.19. The summed E-state index contributed by atoms with van der Waals surface area (Å²) in [5.41, 5.74) is -2.67. The predicted octanol–water partition coefficient (Wildman–Crippen LogP) is 1.03. The molecule has 1 atom stereocenters. The predicted molar refractivity (Wildman–Crippen MR) is 38.0 cm³/mol. The molecule has 70 valence electrons. The molecule has 0 spiro atoms. The van der Waals surface area contributed by atoms with Crippen LogP contribution in [0.1, 0.15) is 13.3 Å². The van der Waals surface area contributed by atoms with Crippen molar-refractivity contribution in [2.75, 3.05) is 0 Å². The third-order valence-electron chi connectivity index (χ3n) is 1.69. The lowest BCUT2D eigenvalue weighted by molar-refractivity contribution is -0.197. The van der Waals surface area contributed by atoms with Gasteiger partial charge < -0.3 is 10.2 Å². The molecule has 0 rings (SSSR count). The highest BCUT2D eigenvalue weighted by atomic mass is 19.3. The summed E-state index contributed by atoms with van der Waals surface area (Å²) in [5, 5.41) is 17.2. The van der Waals surface area contributed by atoms with Crippen LogP contribution in [-0.4, -0.2) is 27.7 Å². The van der Waals surface area contributed by atoms with E-state index < -0.39 is 23.9 Å². The van der Waals surface area contributed by atoms with Gasteiger partial charge in [0.15, 0.2) is 5.60 Å². The highest BCUT2D eigenvalue weighted by molar-refractivity contribution is 5.77. The number of aliphatic carboxylic acids is 1. The standard InChI is InChI=1S/C7H10F2O3/c1-3-6(12,4-2)7(8,9)5(10)11/h3,12H,1,4H2,2H3,(H,10,11). The number of carbonyl (C=O) groups is 1. The molecule has 0 aliphatic heterocycles. The average molecular weight is 180 g/mol. The van der Waals surface area contributed by atoms with E-state index in [0.717, 1.165) is 0 Å². The number of carboxylic acids is 1. The molecule has 0 saturated carbocycles. The molecule has 12 heavy (non-hydrogen) atoms. The summed E-state index contributed by atoms with van der Waals surface area (Å²) < 4.78 is 25.3. The highest BCUT2D eigenvalue weighted by Crippen LogP contribution is 2.32. The number of rotatable bonds is 4. The second kappa shape index (κ2) is 3.18. The zero-order valence-electron chi connectivity index (χ0n) is 6.55. The number of hydrogen-bond acceptors (Lipinski definition) is 2. The molecule has 0 saturated heterocycles. The molecule has 0 amide bonds. The number of hydrogen-bond donors (Lipinski definition) is 2. The second-order valence-electron chi connectivity index (χ2n) is 2.36. The van der Waals surface area contributed by atoms with E-state index in [9.17, 15) is 13.6 Å². The van der Waals surface area contributed by atoms with E-state index in [-0.39, 0.29) is 0 Å². The number of alkyl halides is 2. The summed E-state index contributed by atoms with van der Waals surface area (Å²) in [6.45, 7) is 4.21. The fourth-order valence-electron chi connectivity index (χ4n) is 0.680. The summed E-state index contributed by atoms with van der Waals surface area (Å²) in [6.07, 6.45) is 0.136. The monoisotopic (exact) mass is 180 g/mol. The van der Waals surface area contributed by atoms with E-state index in [1.807, 2.05) is 0 Å². The van der Waals surface area contributed by atoms with Crippen LogP contribution in [0.3, 0.4) is 0 Å². The Hall–Kier alpha value is -0.970. The minimum Gasteiger partial charge on any atom is -0.477 e. The molecule has 0 aliphatic carbocycles. The highest BCUT2D eigenvalue weighted by Gasteiger charge is 2.56. The summed E-state index contributed by atoms with van der Waals surface area (Å²) in [7, 11) is 0. The molecule has 0 aromatic rings. The molecule has 0 fully saturated rings. The summed E-state index contributed by atoms with van der Waals surface area (Å²) in [5.74, 6) is -6.55. The molecule has 5 heteroatoms. The largest absolute Gasteiger partial charge is 0.477 e. The Morgan fingerprint density at radius 2 is 2.08 bits per heavy atom. The fraction of sp³-hybridized carbons (Fsp3) is 0.571. The first-order valence-corrected chi connectivity index (χ1v) is 3.29. The van der Waals surface area contributed by atoms with Gasteiger partial charge in [0, 0.05) is 0 Å². The Bertz CT molecular complexity index is 200. The number of carboxylic acid groups (broad SMARTS) is 1. The Morgan fingerprint density at radius 3 is 2.17 bits per heavy atom. The molecular weight excluding hydrogens is 170 g/mol. The van der Waals surface area contributed by atoms with Crippen molar-refractivity contribution in [1.82, 2.24) is 0 Å². The quantitative estimate of drug-likeness (QED) is 0.635. The van der Waals surface area contributed by atoms with Crippen molar-refractivity contribution in [3.63, 3.8) is 0 Å². The fourth-order valence-corrected chi connectivity index (χ4v) is 0.680. The molecule has 0 aromatic carbocycles. The van der Waals surface area contributed by atoms with Crippen LogP contribution in [0.5, 0.6) is 0 Å². The van der Waals surface area contributed by atoms with Gasteiger partial charge in [0.2, 0.25) is 0 Å². The van der Waals surface area contributed by atoms with E-state index in [0.29, 0.717) is 6.08 Å². The first-order chi connectivity index (χ1) is 5.31. The third-order valence-corrected chi connectivity index (χ3v) is 1.69. The SMILES string of the molecule is C=CC(O)(CC)C(F)(F)C(=O)O. The van der Waals surface area contributed by atoms with Gasteiger partial charge in [-0.3, -0.25) is 0 Å². The minimum absolute atomic E-state index is 0.407. The van der Waals surface area contributed by atoms with Crippen molar-refractivity contribution in [2.24, 2.45) is 0 Å². The van der Waals surface area contributed by atoms with Crippen molar-refractivity contribution in [1.29, 1.82) is 0 Å². The van der Waals surface area contributed by atoms with E-state index >= 15 is 0 Å². The van der Waals surface area contributed by atoms with Gasteiger partial charge in [0.1, 0.15) is 0 Å². The van der Waals surface area contributed by atoms with Gasteiger partial charge >= 0.3 is 11.9 Å². The van der Waals surface area contributed by atoms with Gasteiger partial charge in [-0.2, -0.15) is 8.78 Å². The zero-order valence-corrected chi connectivity index (χ0v) is 6.55. The van der Waals surface area contributed by atoms with Crippen LogP contribution in [0.4, 0.5) is 8.78 Å². The molecule has 0 aromatic heterocycles. The van der Waals surface area contributed by atoms with E-state index in [2.05, 4.69) is 6.58 Å². The van der Waals surface area contributed by atoms with Crippen LogP contribution in [0.2, 0.25) is 0 Å². The Morgan fingerprint density at radius 1 is 1.67 bits per heavy atom. The van der Waals surface area contributed by atoms with E-state index in [1.54, 1.807) is 0 Å². The van der Waals surface area contributed by atoms with Crippen molar-refractivity contribution < 1.29 is 23.8 Å². The van der Waals surface area contributed by atoms with Crippen LogP contribution in [0.25, 0.3) is 0 Å². The van der Waals surface area contributed by atoms with Crippen LogP contribution in [0, 0.1) is 0 Å². The lowest BCUT2D eigenvalue weighted by Gasteiger charge is -2.28. The number of aliphatic hydroxyl groups is 1. The molecule has 1 unspecified atom stereocenters. The van der Waals surface area contributed by atoms with Crippen LogP contribution in [-0.2, 0) is 4.79 Å². The average Bonchev–Trinajstić information content (AvgIpc) is 2.02. The maximum Gasteiger partial charge on any atom is 0.378 e. The van der Waals surface area contributed by atoms with Gasteiger partial charge in [-0.05, 0) is 6.42 Å². The molecule has 0 aliphatic rings. The Kier molecular flexibility index (Phi) is 2.93. The maximum atomic E-state index is 12.7.